The molecule has 0 spiro atoms. The first kappa shape index (κ1) is 14.4. The van der Waals surface area contributed by atoms with Gasteiger partial charge in [0.15, 0.2) is 5.78 Å². The second kappa shape index (κ2) is 6.94. The highest BCUT2D eigenvalue weighted by Gasteiger charge is 2.16. The van der Waals surface area contributed by atoms with E-state index in [1.54, 1.807) is 6.08 Å². The van der Waals surface area contributed by atoms with Crippen LogP contribution in [0.2, 0.25) is 0 Å². The number of rotatable bonds is 4. The lowest BCUT2D eigenvalue weighted by molar-refractivity contribution is 0.104. The molecule has 2 aromatic carbocycles. The average molecular weight is 292 g/mol. The molecule has 1 fully saturated rings. The highest BCUT2D eigenvalue weighted by atomic mass is 16.1. The van der Waals surface area contributed by atoms with Crippen LogP contribution in [0.15, 0.2) is 72.6 Å². The molecule has 1 heterocycles. The molecule has 0 radical (unpaired) electrons. The zero-order valence-electron chi connectivity index (χ0n) is 12.5. The van der Waals surface area contributed by atoms with Gasteiger partial charge >= 0.3 is 0 Å². The van der Waals surface area contributed by atoms with Gasteiger partial charge in [-0.2, -0.15) is 0 Å². The largest absolute Gasteiger partial charge is 0.372 e. The molecule has 3 nitrogen and oxygen atoms in total. The number of benzene rings is 2. The monoisotopic (exact) mass is 292 g/mol. The molecule has 0 atom stereocenters. The smallest absolute Gasteiger partial charge is 0.189 e. The van der Waals surface area contributed by atoms with Crippen molar-refractivity contribution in [2.75, 3.05) is 13.1 Å². The molecule has 1 aliphatic rings. The summed E-state index contributed by atoms with van der Waals surface area (Å²) in [5.41, 5.74) is 1.98. The van der Waals surface area contributed by atoms with Gasteiger partial charge in [0.2, 0.25) is 0 Å². The Bertz CT molecular complexity index is 650. The first-order valence-corrected chi connectivity index (χ1v) is 7.67. The molecule has 112 valence electrons. The zero-order valence-corrected chi connectivity index (χ0v) is 12.5. The van der Waals surface area contributed by atoms with Gasteiger partial charge in [-0.05, 0) is 12.0 Å². The Morgan fingerprint density at radius 1 is 1.05 bits per heavy atom. The maximum Gasteiger partial charge on any atom is 0.189 e. The molecular formula is C19H20N2O. The van der Waals surface area contributed by atoms with E-state index in [0.717, 1.165) is 37.4 Å². The number of nitrogens with zero attached hydrogens (tertiary/aromatic N) is 1. The van der Waals surface area contributed by atoms with Gasteiger partial charge < -0.3 is 10.2 Å². The number of hydrogen-bond donors (Lipinski definition) is 1. The quantitative estimate of drug-likeness (QED) is 0.694. The second-order valence-electron chi connectivity index (χ2n) is 5.45. The summed E-state index contributed by atoms with van der Waals surface area (Å²) in [7, 11) is 0. The molecule has 0 unspecified atom stereocenters. The van der Waals surface area contributed by atoms with Crippen molar-refractivity contribution >= 4 is 5.78 Å². The molecule has 0 aromatic heterocycles. The van der Waals surface area contributed by atoms with Crippen LogP contribution in [0.4, 0.5) is 0 Å². The minimum atomic E-state index is 0.0445. The van der Waals surface area contributed by atoms with Crippen LogP contribution in [0.5, 0.6) is 0 Å². The summed E-state index contributed by atoms with van der Waals surface area (Å²) in [6.07, 6.45) is 2.81. The zero-order chi connectivity index (χ0) is 15.2. The molecule has 1 N–H and O–H groups in total. The van der Waals surface area contributed by atoms with Gasteiger partial charge in [-0.1, -0.05) is 60.7 Å². The first-order valence-electron chi connectivity index (χ1n) is 7.67. The van der Waals surface area contributed by atoms with E-state index in [1.807, 2.05) is 48.5 Å². The van der Waals surface area contributed by atoms with E-state index in [4.69, 9.17) is 0 Å². The number of allylic oxidation sites excluding steroid dienone is 1. The lowest BCUT2D eigenvalue weighted by Crippen LogP contribution is -2.39. The molecule has 0 saturated carbocycles. The summed E-state index contributed by atoms with van der Waals surface area (Å²) in [5.74, 6) is 0.965. The van der Waals surface area contributed by atoms with Crippen molar-refractivity contribution in [3.63, 3.8) is 0 Å². The Morgan fingerprint density at radius 2 is 1.73 bits per heavy atom. The molecule has 0 amide bonds. The fourth-order valence-corrected chi connectivity index (χ4v) is 2.64. The van der Waals surface area contributed by atoms with E-state index in [9.17, 15) is 4.79 Å². The van der Waals surface area contributed by atoms with Crippen LogP contribution in [-0.2, 0) is 6.54 Å². The van der Waals surface area contributed by atoms with Gasteiger partial charge in [0.1, 0.15) is 5.82 Å². The standard InChI is InChI=1S/C19H20N2O/c22-18(17-10-5-2-6-11-17)14-19-20-12-7-13-21(19)15-16-8-3-1-4-9-16/h1-6,8-11,14,20H,7,12-13,15H2/b19-14+. The summed E-state index contributed by atoms with van der Waals surface area (Å²) in [6.45, 7) is 2.71. The Balaban J connectivity index is 1.77. The lowest BCUT2D eigenvalue weighted by Gasteiger charge is -2.32. The molecule has 2 aromatic rings. The second-order valence-corrected chi connectivity index (χ2v) is 5.45. The molecule has 0 aliphatic carbocycles. The highest BCUT2D eigenvalue weighted by Crippen LogP contribution is 2.14. The van der Waals surface area contributed by atoms with Crippen LogP contribution in [0.1, 0.15) is 22.3 Å². The summed E-state index contributed by atoms with van der Waals surface area (Å²) in [4.78, 5) is 14.6. The average Bonchev–Trinajstić information content (AvgIpc) is 2.58. The third kappa shape index (κ3) is 3.55. The fraction of sp³-hybridized carbons (Fsp3) is 0.211. The third-order valence-corrected chi connectivity index (χ3v) is 3.79. The van der Waals surface area contributed by atoms with E-state index in [2.05, 4.69) is 22.3 Å². The van der Waals surface area contributed by atoms with E-state index < -0.39 is 0 Å². The molecule has 22 heavy (non-hydrogen) atoms. The third-order valence-electron chi connectivity index (χ3n) is 3.79. The van der Waals surface area contributed by atoms with E-state index >= 15 is 0 Å². The molecular weight excluding hydrogens is 272 g/mol. The number of hydrogen-bond acceptors (Lipinski definition) is 3. The molecule has 3 rings (SSSR count). The Labute approximate surface area is 131 Å². The fourth-order valence-electron chi connectivity index (χ4n) is 2.64. The molecule has 0 bridgehead atoms. The Kier molecular flexibility index (Phi) is 4.54. The van der Waals surface area contributed by atoms with Gasteiger partial charge in [-0.3, -0.25) is 4.79 Å². The van der Waals surface area contributed by atoms with Crippen molar-refractivity contribution in [1.29, 1.82) is 0 Å². The summed E-state index contributed by atoms with van der Waals surface area (Å²) < 4.78 is 0. The van der Waals surface area contributed by atoms with E-state index in [0.29, 0.717) is 0 Å². The lowest BCUT2D eigenvalue weighted by atomic mass is 10.1. The molecule has 3 heteroatoms. The van der Waals surface area contributed by atoms with Crippen LogP contribution in [-0.4, -0.2) is 23.8 Å². The van der Waals surface area contributed by atoms with E-state index in [1.165, 1.54) is 5.56 Å². The number of carbonyl (C=O) groups excluding carboxylic acids is 1. The predicted octanol–water partition coefficient (Wildman–Crippen LogP) is 3.21. The van der Waals surface area contributed by atoms with Crippen LogP contribution < -0.4 is 5.32 Å². The number of ketones is 1. The highest BCUT2D eigenvalue weighted by molar-refractivity contribution is 6.04. The minimum absolute atomic E-state index is 0.0445. The SMILES string of the molecule is O=C(/C=C1\NCCCN1Cc1ccccc1)c1ccccc1. The Morgan fingerprint density at radius 3 is 2.45 bits per heavy atom. The van der Waals surface area contributed by atoms with Crippen LogP contribution in [0.25, 0.3) is 0 Å². The van der Waals surface area contributed by atoms with Crippen molar-refractivity contribution in [3.05, 3.63) is 83.7 Å². The van der Waals surface area contributed by atoms with Gasteiger partial charge in [0.25, 0.3) is 0 Å². The van der Waals surface area contributed by atoms with Gasteiger partial charge in [-0.15, -0.1) is 0 Å². The summed E-state index contributed by atoms with van der Waals surface area (Å²) in [5, 5.41) is 3.36. The van der Waals surface area contributed by atoms with E-state index in [-0.39, 0.29) is 5.78 Å². The van der Waals surface area contributed by atoms with Gasteiger partial charge in [0.05, 0.1) is 0 Å². The van der Waals surface area contributed by atoms with Crippen LogP contribution >= 0.6 is 0 Å². The van der Waals surface area contributed by atoms with Crippen molar-refractivity contribution in [2.45, 2.75) is 13.0 Å². The number of nitrogens with one attached hydrogen (secondary N) is 1. The minimum Gasteiger partial charge on any atom is -0.372 e. The van der Waals surface area contributed by atoms with Crippen molar-refractivity contribution in [2.24, 2.45) is 0 Å². The molecule has 1 saturated heterocycles. The summed E-state index contributed by atoms with van der Waals surface area (Å²) >= 11 is 0. The van der Waals surface area contributed by atoms with Crippen molar-refractivity contribution < 1.29 is 4.79 Å². The maximum absolute atomic E-state index is 12.4. The summed E-state index contributed by atoms with van der Waals surface area (Å²) in [6, 6.07) is 19.8. The van der Waals surface area contributed by atoms with Crippen LogP contribution in [0, 0.1) is 0 Å². The maximum atomic E-state index is 12.4. The number of carbonyl (C=O) groups is 1. The van der Waals surface area contributed by atoms with Gasteiger partial charge in [0, 0.05) is 31.3 Å². The normalized spacial score (nSPS) is 16.4. The van der Waals surface area contributed by atoms with Crippen molar-refractivity contribution in [1.82, 2.24) is 10.2 Å². The van der Waals surface area contributed by atoms with Crippen molar-refractivity contribution in [3.8, 4) is 0 Å². The van der Waals surface area contributed by atoms with Gasteiger partial charge in [-0.25, -0.2) is 0 Å². The molecule has 1 aliphatic heterocycles. The predicted molar refractivity (Wildman–Crippen MR) is 88.3 cm³/mol. The first-order chi connectivity index (χ1) is 10.8. The Hall–Kier alpha value is -2.55. The van der Waals surface area contributed by atoms with Crippen LogP contribution in [0.3, 0.4) is 0 Å². The topological polar surface area (TPSA) is 32.3 Å².